The summed E-state index contributed by atoms with van der Waals surface area (Å²) in [5, 5.41) is 31.7. The number of hydrogen-bond donors (Lipinski definition) is 3. The minimum Gasteiger partial charge on any atom is -0.507 e. The molecule has 3 N–H and O–H groups in total. The predicted octanol–water partition coefficient (Wildman–Crippen LogP) is 6.33. The highest BCUT2D eigenvalue weighted by Gasteiger charge is 2.42. The van der Waals surface area contributed by atoms with Gasteiger partial charge in [-0.05, 0) is 44.9 Å². The van der Waals surface area contributed by atoms with E-state index in [4.69, 9.17) is 5.11 Å². The van der Waals surface area contributed by atoms with E-state index in [1.54, 1.807) is 0 Å². The third-order valence-corrected chi connectivity index (χ3v) is 6.66. The topological polar surface area (TPSA) is 77.8 Å². The number of rotatable bonds is 5. The predicted molar refractivity (Wildman–Crippen MR) is 131 cm³/mol. The molecule has 0 saturated carbocycles. The first-order valence-electron chi connectivity index (χ1n) is 11.6. The number of phenols is 1. The summed E-state index contributed by atoms with van der Waals surface area (Å²) in [5.41, 5.74) is 3.22. The molecule has 1 aliphatic rings. The Morgan fingerprint density at radius 2 is 1.59 bits per heavy atom. The fourth-order valence-corrected chi connectivity index (χ4v) is 4.28. The molecule has 1 atom stereocenters. The van der Waals surface area contributed by atoms with E-state index < -0.39 is 11.6 Å². The third-order valence-electron chi connectivity index (χ3n) is 6.66. The minimum atomic E-state index is -0.930. The molecule has 1 unspecified atom stereocenters. The molecule has 1 aromatic rings. The molecule has 4 heteroatoms. The maximum atomic E-state index is 11.4. The molecule has 32 heavy (non-hydrogen) atoms. The number of phenolic OH excluding ortho intramolecular Hbond substituents is 1. The number of aliphatic carboxylic acids is 1. The zero-order valence-electron chi connectivity index (χ0n) is 21.4. The summed E-state index contributed by atoms with van der Waals surface area (Å²) >= 11 is 0. The van der Waals surface area contributed by atoms with E-state index in [1.165, 1.54) is 5.57 Å². The summed E-state index contributed by atoms with van der Waals surface area (Å²) in [5.74, 6) is -0.547. The van der Waals surface area contributed by atoms with Crippen LogP contribution in [0.5, 0.6) is 5.75 Å². The lowest BCUT2D eigenvalue weighted by atomic mass is 9.65. The summed E-state index contributed by atoms with van der Waals surface area (Å²) in [6, 6.07) is 3.88. The molecule has 0 fully saturated rings. The average Bonchev–Trinajstić information content (AvgIpc) is 2.60. The first kappa shape index (κ1) is 26.2. The van der Waals surface area contributed by atoms with Crippen molar-refractivity contribution in [3.8, 4) is 5.75 Å². The third kappa shape index (κ3) is 5.83. The molecule has 0 aromatic heterocycles. The van der Waals surface area contributed by atoms with Crippen molar-refractivity contribution in [1.82, 2.24) is 0 Å². The Hall–Kier alpha value is -2.07. The number of hydrogen-bond acceptors (Lipinski definition) is 3. The molecule has 0 aliphatic heterocycles. The molecule has 178 valence electrons. The summed E-state index contributed by atoms with van der Waals surface area (Å²) in [4.78, 5) is 11.1. The summed E-state index contributed by atoms with van der Waals surface area (Å²) in [6.07, 6.45) is 5.51. The van der Waals surface area contributed by atoms with Gasteiger partial charge in [0.2, 0.25) is 0 Å². The fraction of sp³-hybridized carbons (Fsp3) is 0.607. The summed E-state index contributed by atoms with van der Waals surface area (Å²) in [7, 11) is 0. The van der Waals surface area contributed by atoms with Crippen molar-refractivity contribution in [3.05, 3.63) is 52.1 Å². The Balaban J connectivity index is 2.58. The van der Waals surface area contributed by atoms with Gasteiger partial charge in [0.05, 0.1) is 5.60 Å². The van der Waals surface area contributed by atoms with Crippen LogP contribution in [0.4, 0.5) is 0 Å². The Labute approximate surface area is 194 Å². The number of aryl methyl sites for hydroxylation is 1. The normalized spacial score (nSPS) is 20.1. The van der Waals surface area contributed by atoms with Gasteiger partial charge in [0.1, 0.15) is 5.75 Å². The Morgan fingerprint density at radius 3 is 2.06 bits per heavy atom. The van der Waals surface area contributed by atoms with Crippen LogP contribution in [-0.4, -0.2) is 26.9 Å². The van der Waals surface area contributed by atoms with Gasteiger partial charge in [0.25, 0.3) is 0 Å². The van der Waals surface area contributed by atoms with Crippen LogP contribution in [0.25, 0.3) is 0 Å². The summed E-state index contributed by atoms with van der Waals surface area (Å²) in [6.45, 7) is 18.8. The van der Waals surface area contributed by atoms with Gasteiger partial charge in [-0.15, -0.1) is 0 Å². The average molecular weight is 443 g/mol. The highest BCUT2D eigenvalue weighted by molar-refractivity contribution is 5.67. The Bertz CT molecular complexity index is 930. The lowest BCUT2D eigenvalue weighted by Crippen LogP contribution is -2.44. The molecule has 0 radical (unpaired) electrons. The van der Waals surface area contributed by atoms with Crippen LogP contribution in [0.1, 0.15) is 91.8 Å². The monoisotopic (exact) mass is 442 g/mol. The van der Waals surface area contributed by atoms with Crippen molar-refractivity contribution in [3.63, 3.8) is 0 Å². The minimum absolute atomic E-state index is 0.0578. The quantitative estimate of drug-likeness (QED) is 0.498. The number of allylic oxidation sites excluding steroid dienone is 2. The number of aliphatic hydroxyl groups is 1. The molecule has 0 saturated heterocycles. The van der Waals surface area contributed by atoms with Crippen molar-refractivity contribution in [2.24, 2.45) is 10.8 Å². The second-order valence-corrected chi connectivity index (χ2v) is 12.4. The van der Waals surface area contributed by atoms with Crippen LogP contribution in [-0.2, 0) is 23.1 Å². The van der Waals surface area contributed by atoms with Gasteiger partial charge in [-0.1, -0.05) is 92.2 Å². The first-order valence-corrected chi connectivity index (χ1v) is 11.6. The molecule has 0 bridgehead atoms. The van der Waals surface area contributed by atoms with Gasteiger partial charge >= 0.3 is 5.97 Å². The van der Waals surface area contributed by atoms with Crippen LogP contribution in [0.2, 0.25) is 0 Å². The van der Waals surface area contributed by atoms with Crippen LogP contribution in [0.15, 0.2) is 35.4 Å². The molecule has 0 amide bonds. The highest BCUT2D eigenvalue weighted by atomic mass is 16.4. The first-order chi connectivity index (χ1) is 14.3. The van der Waals surface area contributed by atoms with Gasteiger partial charge in [0, 0.05) is 19.3 Å². The van der Waals surface area contributed by atoms with Crippen LogP contribution >= 0.6 is 0 Å². The van der Waals surface area contributed by atoms with E-state index in [-0.39, 0.29) is 28.4 Å². The second-order valence-electron chi connectivity index (χ2n) is 12.4. The molecular weight excluding hydrogens is 400 g/mol. The Morgan fingerprint density at radius 1 is 1.00 bits per heavy atom. The molecular formula is C28H42O4. The van der Waals surface area contributed by atoms with Crippen molar-refractivity contribution >= 4 is 5.97 Å². The number of carboxylic acids is 1. The van der Waals surface area contributed by atoms with E-state index in [2.05, 4.69) is 62.3 Å². The van der Waals surface area contributed by atoms with Crippen molar-refractivity contribution in [2.75, 3.05) is 0 Å². The van der Waals surface area contributed by atoms with E-state index in [9.17, 15) is 15.0 Å². The van der Waals surface area contributed by atoms with Crippen molar-refractivity contribution < 1.29 is 20.1 Å². The number of carbonyl (C=O) groups is 1. The maximum Gasteiger partial charge on any atom is 0.303 e. The van der Waals surface area contributed by atoms with E-state index in [0.717, 1.165) is 22.3 Å². The number of aromatic hydroxyl groups is 1. The molecule has 1 aromatic carbocycles. The van der Waals surface area contributed by atoms with Gasteiger partial charge in [-0.3, -0.25) is 4.79 Å². The maximum absolute atomic E-state index is 11.4. The largest absolute Gasteiger partial charge is 0.507 e. The SMILES string of the molecule is CC(C)(C)C1=C(Cc2cc(CCC(=O)O)cc(C(C)(C)C)c2O)C=CC(O)(C(C)(C)C)C1. The van der Waals surface area contributed by atoms with Crippen LogP contribution in [0, 0.1) is 10.8 Å². The van der Waals surface area contributed by atoms with Gasteiger partial charge in [-0.25, -0.2) is 0 Å². The van der Waals surface area contributed by atoms with Crippen LogP contribution in [0.3, 0.4) is 0 Å². The molecule has 4 nitrogen and oxygen atoms in total. The highest BCUT2D eigenvalue weighted by Crippen LogP contribution is 2.46. The number of carboxylic acid groups (broad SMARTS) is 1. The van der Waals surface area contributed by atoms with Gasteiger partial charge < -0.3 is 15.3 Å². The molecule has 2 rings (SSSR count). The zero-order chi connectivity index (χ0) is 24.7. The smallest absolute Gasteiger partial charge is 0.303 e. The standard InChI is InChI=1S/C28H42O4/c1-25(2,3)21-15-18(10-11-23(29)30)14-20(24(21)31)16-19-12-13-28(32,27(7,8)9)17-22(19)26(4,5)6/h12-15,31-32H,10-11,16-17H2,1-9H3,(H,29,30). The molecule has 0 spiro atoms. The Kier molecular flexibility index (Phi) is 7.12. The lowest BCUT2D eigenvalue weighted by molar-refractivity contribution is -0.136. The second kappa shape index (κ2) is 8.70. The van der Waals surface area contributed by atoms with E-state index >= 15 is 0 Å². The van der Waals surface area contributed by atoms with Crippen molar-refractivity contribution in [1.29, 1.82) is 0 Å². The summed E-state index contributed by atoms with van der Waals surface area (Å²) < 4.78 is 0. The van der Waals surface area contributed by atoms with Gasteiger partial charge in [0.15, 0.2) is 0 Å². The zero-order valence-corrected chi connectivity index (χ0v) is 21.4. The van der Waals surface area contributed by atoms with Crippen molar-refractivity contribution in [2.45, 2.75) is 99.0 Å². The molecule has 1 aliphatic carbocycles. The lowest BCUT2D eigenvalue weighted by Gasteiger charge is -2.44. The van der Waals surface area contributed by atoms with Crippen LogP contribution < -0.4 is 0 Å². The number of benzene rings is 1. The molecule has 0 heterocycles. The van der Waals surface area contributed by atoms with E-state index in [0.29, 0.717) is 19.3 Å². The van der Waals surface area contributed by atoms with E-state index in [1.807, 2.05) is 24.3 Å². The van der Waals surface area contributed by atoms with Gasteiger partial charge in [-0.2, -0.15) is 0 Å². The fourth-order valence-electron chi connectivity index (χ4n) is 4.28.